The molecular formula is C24H24F3N5O4. The van der Waals surface area contributed by atoms with Crippen LogP contribution in [-0.4, -0.2) is 52.3 Å². The van der Waals surface area contributed by atoms with Crippen molar-refractivity contribution in [3.05, 3.63) is 60.3 Å². The van der Waals surface area contributed by atoms with E-state index < -0.39 is 36.3 Å². The minimum absolute atomic E-state index is 0.120. The van der Waals surface area contributed by atoms with Crippen LogP contribution >= 0.6 is 0 Å². The summed E-state index contributed by atoms with van der Waals surface area (Å²) in [6.07, 6.45) is -2.80. The average molecular weight is 503 g/mol. The molecule has 0 bridgehead atoms. The number of halogens is 3. The number of Topliss-reactive ketones (excluding diaryl/α,β-unsaturated/α-hetero) is 1. The van der Waals surface area contributed by atoms with E-state index in [1.165, 1.54) is 27.8 Å². The topological polar surface area (TPSA) is 133 Å². The standard InChI is InChI=1S/C24H24F3N5O4/c25-24(26,27)36-16-5-3-4-14(10-16)11-21(33)20-9-8-15(12-28)32(20)23(35)30-18-13-31(22(29)34)19-7-2-1-6-17(18)19/h1-7,10,13,15,20H,8-9,11-12,28H2,(H2,29,34)(H,30,35)/t15-,20+/m1/s1. The Morgan fingerprint density at radius 2 is 1.83 bits per heavy atom. The second-order valence-corrected chi connectivity index (χ2v) is 8.43. The van der Waals surface area contributed by atoms with E-state index in [0.29, 0.717) is 35.0 Å². The number of carbonyl (C=O) groups is 3. The van der Waals surface area contributed by atoms with Gasteiger partial charge in [0, 0.05) is 30.6 Å². The molecule has 1 aromatic heterocycles. The van der Waals surface area contributed by atoms with Gasteiger partial charge in [0.2, 0.25) is 0 Å². The molecule has 0 aliphatic carbocycles. The number of anilines is 1. The lowest BCUT2D eigenvalue weighted by Gasteiger charge is -2.29. The predicted molar refractivity (Wildman–Crippen MR) is 125 cm³/mol. The van der Waals surface area contributed by atoms with Gasteiger partial charge in [0.25, 0.3) is 0 Å². The number of alkyl halides is 3. The molecule has 1 fully saturated rings. The summed E-state index contributed by atoms with van der Waals surface area (Å²) in [7, 11) is 0. The summed E-state index contributed by atoms with van der Waals surface area (Å²) in [4.78, 5) is 39.7. The molecule has 9 nitrogen and oxygen atoms in total. The third kappa shape index (κ3) is 5.28. The van der Waals surface area contributed by atoms with Crippen molar-refractivity contribution in [3.8, 4) is 5.75 Å². The van der Waals surface area contributed by atoms with Crippen molar-refractivity contribution in [2.24, 2.45) is 11.5 Å². The van der Waals surface area contributed by atoms with Crippen molar-refractivity contribution in [2.45, 2.75) is 37.7 Å². The van der Waals surface area contributed by atoms with Crippen molar-refractivity contribution in [1.29, 1.82) is 0 Å². The van der Waals surface area contributed by atoms with Crippen molar-refractivity contribution in [2.75, 3.05) is 11.9 Å². The normalized spacial score (nSPS) is 17.8. The number of fused-ring (bicyclic) bond motifs is 1. The Labute approximate surface area is 203 Å². The molecule has 1 aliphatic heterocycles. The molecule has 4 rings (SSSR count). The molecule has 3 aromatic rings. The number of rotatable bonds is 6. The van der Waals surface area contributed by atoms with Crippen LogP contribution in [0.4, 0.5) is 28.4 Å². The Balaban J connectivity index is 1.54. The molecule has 12 heteroatoms. The highest BCUT2D eigenvalue weighted by Gasteiger charge is 2.40. The van der Waals surface area contributed by atoms with Crippen LogP contribution in [0.15, 0.2) is 54.7 Å². The monoisotopic (exact) mass is 503 g/mol. The summed E-state index contributed by atoms with van der Waals surface area (Å²) >= 11 is 0. The Kier molecular flexibility index (Phi) is 6.88. The number of para-hydroxylation sites is 1. The van der Waals surface area contributed by atoms with Gasteiger partial charge in [0.05, 0.1) is 17.2 Å². The molecule has 3 amide bonds. The summed E-state index contributed by atoms with van der Waals surface area (Å²) in [6.45, 7) is 0.120. The third-order valence-corrected chi connectivity index (χ3v) is 6.08. The first-order valence-electron chi connectivity index (χ1n) is 11.1. The zero-order chi connectivity index (χ0) is 26.0. The maximum Gasteiger partial charge on any atom is 0.573 e. The van der Waals surface area contributed by atoms with E-state index in [-0.39, 0.29) is 18.7 Å². The first-order chi connectivity index (χ1) is 17.1. The van der Waals surface area contributed by atoms with Crippen molar-refractivity contribution in [3.63, 3.8) is 0 Å². The van der Waals surface area contributed by atoms with Gasteiger partial charge in [-0.1, -0.05) is 30.3 Å². The molecule has 5 N–H and O–H groups in total. The number of ether oxygens (including phenoxy) is 1. The number of hydrogen-bond acceptors (Lipinski definition) is 5. The number of aromatic nitrogens is 1. The molecule has 2 heterocycles. The number of amides is 3. The third-order valence-electron chi connectivity index (χ3n) is 6.08. The van der Waals surface area contributed by atoms with Gasteiger partial charge in [-0.05, 0) is 36.6 Å². The SMILES string of the molecule is NC[C@H]1CC[C@@H](C(=O)Cc2cccc(OC(F)(F)F)c2)N1C(=O)Nc1cn(C(N)=O)c2ccccc12. The number of nitrogens with one attached hydrogen (secondary N) is 1. The van der Waals surface area contributed by atoms with E-state index in [1.807, 2.05) is 0 Å². The fraction of sp³-hybridized carbons (Fsp3) is 0.292. The molecular weight excluding hydrogens is 479 g/mol. The molecule has 36 heavy (non-hydrogen) atoms. The van der Waals surface area contributed by atoms with E-state index in [0.717, 1.165) is 12.1 Å². The molecule has 2 atom stereocenters. The number of urea groups is 1. The molecule has 0 spiro atoms. The Morgan fingerprint density at radius 3 is 2.53 bits per heavy atom. The van der Waals surface area contributed by atoms with Gasteiger partial charge in [-0.25, -0.2) is 9.59 Å². The number of ketones is 1. The number of primary amides is 1. The number of nitrogens with two attached hydrogens (primary N) is 2. The first kappa shape index (κ1) is 25.0. The highest BCUT2D eigenvalue weighted by molar-refractivity contribution is 6.05. The zero-order valence-corrected chi connectivity index (χ0v) is 19.0. The number of benzene rings is 2. The minimum Gasteiger partial charge on any atom is -0.406 e. The zero-order valence-electron chi connectivity index (χ0n) is 19.0. The van der Waals surface area contributed by atoms with E-state index >= 15 is 0 Å². The number of carbonyl (C=O) groups excluding carboxylic acids is 3. The largest absolute Gasteiger partial charge is 0.573 e. The van der Waals surface area contributed by atoms with Crippen LogP contribution in [0.3, 0.4) is 0 Å². The highest BCUT2D eigenvalue weighted by atomic mass is 19.4. The van der Waals surface area contributed by atoms with E-state index in [2.05, 4.69) is 10.1 Å². The molecule has 0 unspecified atom stereocenters. The smallest absolute Gasteiger partial charge is 0.406 e. The Bertz CT molecular complexity index is 1310. The minimum atomic E-state index is -4.85. The lowest BCUT2D eigenvalue weighted by Crippen LogP contribution is -2.49. The van der Waals surface area contributed by atoms with Gasteiger partial charge >= 0.3 is 18.4 Å². The van der Waals surface area contributed by atoms with Crippen LogP contribution in [0, 0.1) is 0 Å². The fourth-order valence-corrected chi connectivity index (χ4v) is 4.55. The van der Waals surface area contributed by atoms with E-state index in [4.69, 9.17) is 11.5 Å². The number of hydrogen-bond donors (Lipinski definition) is 3. The summed E-state index contributed by atoms with van der Waals surface area (Å²) in [6, 6.07) is 9.48. The predicted octanol–water partition coefficient (Wildman–Crippen LogP) is 3.60. The summed E-state index contributed by atoms with van der Waals surface area (Å²) < 4.78 is 42.8. The number of likely N-dealkylation sites (tertiary alicyclic amines) is 1. The Morgan fingerprint density at radius 1 is 1.08 bits per heavy atom. The van der Waals surface area contributed by atoms with Gasteiger partial charge in [-0.3, -0.25) is 9.36 Å². The van der Waals surface area contributed by atoms with Crippen molar-refractivity contribution >= 4 is 34.4 Å². The van der Waals surface area contributed by atoms with Crippen LogP contribution < -0.4 is 21.5 Å². The maximum atomic E-state index is 13.3. The molecule has 1 saturated heterocycles. The van der Waals surface area contributed by atoms with Gasteiger partial charge in [0.1, 0.15) is 5.75 Å². The first-order valence-corrected chi connectivity index (χ1v) is 11.1. The van der Waals surface area contributed by atoms with Crippen LogP contribution in [0.5, 0.6) is 5.75 Å². The molecule has 1 aliphatic rings. The Hall–Kier alpha value is -4.06. The molecule has 0 radical (unpaired) electrons. The average Bonchev–Trinajstić information content (AvgIpc) is 3.40. The van der Waals surface area contributed by atoms with Gasteiger partial charge in [-0.15, -0.1) is 13.2 Å². The number of nitrogens with zero attached hydrogens (tertiary/aromatic N) is 2. The van der Waals surface area contributed by atoms with E-state index in [1.54, 1.807) is 24.3 Å². The van der Waals surface area contributed by atoms with Crippen molar-refractivity contribution < 1.29 is 32.3 Å². The van der Waals surface area contributed by atoms with Gasteiger partial charge in [-0.2, -0.15) is 0 Å². The summed E-state index contributed by atoms with van der Waals surface area (Å²) in [5, 5.41) is 3.34. The second kappa shape index (κ2) is 9.90. The highest BCUT2D eigenvalue weighted by Crippen LogP contribution is 2.30. The van der Waals surface area contributed by atoms with Crippen molar-refractivity contribution in [1.82, 2.24) is 9.47 Å². The fourth-order valence-electron chi connectivity index (χ4n) is 4.55. The quantitative estimate of drug-likeness (QED) is 0.473. The summed E-state index contributed by atoms with van der Waals surface area (Å²) in [5.74, 6) is -0.774. The lowest BCUT2D eigenvalue weighted by molar-refractivity contribution is -0.274. The van der Waals surface area contributed by atoms with Crippen LogP contribution in [0.2, 0.25) is 0 Å². The molecule has 190 valence electrons. The maximum absolute atomic E-state index is 13.3. The van der Waals surface area contributed by atoms with Gasteiger partial charge < -0.3 is 26.4 Å². The molecule has 2 aromatic carbocycles. The summed E-state index contributed by atoms with van der Waals surface area (Å²) in [5.41, 5.74) is 12.5. The molecule has 0 saturated carbocycles. The van der Waals surface area contributed by atoms with Crippen LogP contribution in [0.25, 0.3) is 10.9 Å². The van der Waals surface area contributed by atoms with Gasteiger partial charge in [0.15, 0.2) is 5.78 Å². The van der Waals surface area contributed by atoms with E-state index in [9.17, 15) is 27.6 Å². The van der Waals surface area contributed by atoms with Crippen LogP contribution in [0.1, 0.15) is 18.4 Å². The lowest BCUT2D eigenvalue weighted by atomic mass is 10.0. The second-order valence-electron chi connectivity index (χ2n) is 8.43. The van der Waals surface area contributed by atoms with Crippen LogP contribution in [-0.2, 0) is 11.2 Å².